The highest BCUT2D eigenvalue weighted by molar-refractivity contribution is 7.18. The standard InChI is InChI=1S/C21H21F3N2O2S/c1-12(14-3-2-4-15(11-14)21(22,23)24)26(16-7-8-16)20(28)17-9-10-18(29-17)25-19(27)13-5-6-13/h2-4,9-13,16H,5-8H2,1H3,(H,25,27). The van der Waals surface area contributed by atoms with E-state index in [0.29, 0.717) is 15.4 Å². The lowest BCUT2D eigenvalue weighted by atomic mass is 10.0. The van der Waals surface area contributed by atoms with Gasteiger partial charge >= 0.3 is 6.18 Å². The summed E-state index contributed by atoms with van der Waals surface area (Å²) in [5, 5.41) is 3.45. The van der Waals surface area contributed by atoms with Gasteiger partial charge in [0.1, 0.15) is 0 Å². The van der Waals surface area contributed by atoms with Crippen LogP contribution in [0.4, 0.5) is 18.2 Å². The Morgan fingerprint density at radius 1 is 1.14 bits per heavy atom. The van der Waals surface area contributed by atoms with Gasteiger partial charge in [0.25, 0.3) is 5.91 Å². The molecule has 4 rings (SSSR count). The lowest BCUT2D eigenvalue weighted by Crippen LogP contribution is -2.35. The molecule has 1 heterocycles. The first-order chi connectivity index (χ1) is 13.7. The molecule has 0 aliphatic heterocycles. The first kappa shape index (κ1) is 19.9. The van der Waals surface area contributed by atoms with Crippen LogP contribution >= 0.6 is 11.3 Å². The average molecular weight is 422 g/mol. The Morgan fingerprint density at radius 2 is 1.86 bits per heavy atom. The monoisotopic (exact) mass is 422 g/mol. The number of thiophene rings is 1. The third kappa shape index (κ3) is 4.47. The summed E-state index contributed by atoms with van der Waals surface area (Å²) >= 11 is 1.20. The number of alkyl halides is 3. The molecule has 4 nitrogen and oxygen atoms in total. The first-order valence-electron chi connectivity index (χ1n) is 9.64. The normalized spacial score (nSPS) is 17.7. The fraction of sp³-hybridized carbons (Fsp3) is 0.429. The molecule has 154 valence electrons. The number of carbonyl (C=O) groups is 2. The van der Waals surface area contributed by atoms with Gasteiger partial charge in [0, 0.05) is 12.0 Å². The molecule has 1 N–H and O–H groups in total. The number of anilines is 1. The summed E-state index contributed by atoms with van der Waals surface area (Å²) in [7, 11) is 0. The SMILES string of the molecule is CC(c1cccc(C(F)(F)F)c1)N(C(=O)c1ccc(NC(=O)C2CC2)s1)C1CC1. The number of hydrogen-bond donors (Lipinski definition) is 1. The third-order valence-corrected chi connectivity index (χ3v) is 6.29. The molecule has 1 atom stereocenters. The van der Waals surface area contributed by atoms with E-state index < -0.39 is 17.8 Å². The van der Waals surface area contributed by atoms with E-state index >= 15 is 0 Å². The molecule has 0 saturated heterocycles. The summed E-state index contributed by atoms with van der Waals surface area (Å²) in [5.74, 6) is -0.170. The minimum Gasteiger partial charge on any atom is -0.328 e. The van der Waals surface area contributed by atoms with E-state index in [1.807, 2.05) is 0 Å². The maximum atomic E-state index is 13.2. The van der Waals surface area contributed by atoms with Crippen molar-refractivity contribution < 1.29 is 22.8 Å². The van der Waals surface area contributed by atoms with Crippen LogP contribution in [0.25, 0.3) is 0 Å². The average Bonchev–Trinajstić information content (AvgIpc) is 3.60. The highest BCUT2D eigenvalue weighted by Crippen LogP contribution is 2.39. The van der Waals surface area contributed by atoms with Gasteiger partial charge in [-0.05, 0) is 62.4 Å². The van der Waals surface area contributed by atoms with Crippen molar-refractivity contribution in [2.45, 2.75) is 50.9 Å². The van der Waals surface area contributed by atoms with Crippen molar-refractivity contribution in [3.63, 3.8) is 0 Å². The summed E-state index contributed by atoms with van der Waals surface area (Å²) in [4.78, 5) is 27.2. The zero-order valence-electron chi connectivity index (χ0n) is 15.8. The molecule has 2 aliphatic carbocycles. The number of rotatable bonds is 6. The smallest absolute Gasteiger partial charge is 0.328 e. The molecule has 2 fully saturated rings. The van der Waals surface area contributed by atoms with Crippen molar-refractivity contribution in [1.82, 2.24) is 4.90 Å². The number of halogens is 3. The highest BCUT2D eigenvalue weighted by atomic mass is 32.1. The minimum absolute atomic E-state index is 0.0257. The van der Waals surface area contributed by atoms with Gasteiger partial charge in [0.2, 0.25) is 5.91 Å². The van der Waals surface area contributed by atoms with E-state index in [4.69, 9.17) is 0 Å². The van der Waals surface area contributed by atoms with Crippen molar-refractivity contribution in [1.29, 1.82) is 0 Å². The Labute approximate surface area is 170 Å². The van der Waals surface area contributed by atoms with E-state index in [0.717, 1.165) is 37.8 Å². The second kappa shape index (κ2) is 7.48. The van der Waals surface area contributed by atoms with Gasteiger partial charge in [-0.1, -0.05) is 12.1 Å². The summed E-state index contributed by atoms with van der Waals surface area (Å²) in [6, 6.07) is 8.07. The van der Waals surface area contributed by atoms with Crippen LogP contribution < -0.4 is 5.32 Å². The van der Waals surface area contributed by atoms with Gasteiger partial charge in [-0.25, -0.2) is 0 Å². The Bertz CT molecular complexity index is 932. The first-order valence-corrected chi connectivity index (χ1v) is 10.5. The molecule has 29 heavy (non-hydrogen) atoms. The van der Waals surface area contributed by atoms with Crippen LogP contribution in [0.1, 0.15) is 59.4 Å². The number of benzene rings is 1. The molecule has 1 aromatic carbocycles. The molecule has 0 radical (unpaired) electrons. The van der Waals surface area contributed by atoms with E-state index in [-0.39, 0.29) is 23.8 Å². The van der Waals surface area contributed by atoms with Crippen LogP contribution in [0.5, 0.6) is 0 Å². The molecule has 2 saturated carbocycles. The highest BCUT2D eigenvalue weighted by Gasteiger charge is 2.38. The molecule has 8 heteroatoms. The lowest BCUT2D eigenvalue weighted by molar-refractivity contribution is -0.137. The van der Waals surface area contributed by atoms with E-state index in [2.05, 4.69) is 5.32 Å². The van der Waals surface area contributed by atoms with E-state index in [9.17, 15) is 22.8 Å². The van der Waals surface area contributed by atoms with Gasteiger partial charge in [-0.15, -0.1) is 11.3 Å². The largest absolute Gasteiger partial charge is 0.416 e. The molecular formula is C21H21F3N2O2S. The van der Waals surface area contributed by atoms with Crippen LogP contribution in [0.3, 0.4) is 0 Å². The molecule has 2 aliphatic rings. The van der Waals surface area contributed by atoms with Crippen LogP contribution in [0.2, 0.25) is 0 Å². The maximum absolute atomic E-state index is 13.2. The molecule has 1 aromatic heterocycles. The summed E-state index contributed by atoms with van der Waals surface area (Å²) < 4.78 is 39.2. The number of nitrogens with zero attached hydrogens (tertiary/aromatic N) is 1. The molecular weight excluding hydrogens is 401 g/mol. The molecule has 2 amide bonds. The summed E-state index contributed by atoms with van der Waals surface area (Å²) in [5.41, 5.74) is -0.259. The molecule has 2 aromatic rings. The Kier molecular flexibility index (Phi) is 5.14. The van der Waals surface area contributed by atoms with Crippen molar-refractivity contribution in [3.05, 3.63) is 52.4 Å². The quantitative estimate of drug-likeness (QED) is 0.670. The van der Waals surface area contributed by atoms with Crippen molar-refractivity contribution >= 4 is 28.2 Å². The van der Waals surface area contributed by atoms with Gasteiger partial charge < -0.3 is 10.2 Å². The van der Waals surface area contributed by atoms with Crippen LogP contribution in [-0.4, -0.2) is 22.8 Å². The fourth-order valence-corrected chi connectivity index (χ4v) is 4.22. The summed E-state index contributed by atoms with van der Waals surface area (Å²) in [6.07, 6.45) is -0.955. The molecule has 1 unspecified atom stereocenters. The van der Waals surface area contributed by atoms with Gasteiger partial charge in [-0.3, -0.25) is 9.59 Å². The summed E-state index contributed by atoms with van der Waals surface area (Å²) in [6.45, 7) is 1.76. The Hall–Kier alpha value is -2.35. The number of nitrogens with one attached hydrogen (secondary N) is 1. The zero-order valence-corrected chi connectivity index (χ0v) is 16.6. The lowest BCUT2D eigenvalue weighted by Gasteiger charge is -2.29. The van der Waals surface area contributed by atoms with Crippen LogP contribution in [-0.2, 0) is 11.0 Å². The second-order valence-electron chi connectivity index (χ2n) is 7.67. The van der Waals surface area contributed by atoms with Crippen LogP contribution in [0.15, 0.2) is 36.4 Å². The van der Waals surface area contributed by atoms with Gasteiger partial charge in [-0.2, -0.15) is 13.2 Å². The van der Waals surface area contributed by atoms with Crippen molar-refractivity contribution in [2.75, 3.05) is 5.32 Å². The van der Waals surface area contributed by atoms with E-state index in [1.165, 1.54) is 17.4 Å². The van der Waals surface area contributed by atoms with E-state index in [1.54, 1.807) is 30.0 Å². The van der Waals surface area contributed by atoms with Crippen LogP contribution in [0, 0.1) is 5.92 Å². The Balaban J connectivity index is 1.54. The predicted molar refractivity (Wildman–Crippen MR) is 105 cm³/mol. The van der Waals surface area contributed by atoms with Gasteiger partial charge in [0.05, 0.1) is 21.5 Å². The third-order valence-electron chi connectivity index (χ3n) is 5.30. The Morgan fingerprint density at radius 3 is 2.48 bits per heavy atom. The number of amides is 2. The van der Waals surface area contributed by atoms with Gasteiger partial charge in [0.15, 0.2) is 0 Å². The maximum Gasteiger partial charge on any atom is 0.416 e. The second-order valence-corrected chi connectivity index (χ2v) is 8.75. The zero-order chi connectivity index (χ0) is 20.8. The number of carbonyl (C=O) groups excluding carboxylic acids is 2. The minimum atomic E-state index is -4.42. The topological polar surface area (TPSA) is 49.4 Å². The molecule has 0 bridgehead atoms. The van der Waals surface area contributed by atoms with Crippen molar-refractivity contribution in [3.8, 4) is 0 Å². The fourth-order valence-electron chi connectivity index (χ4n) is 3.36. The van der Waals surface area contributed by atoms with Crippen molar-refractivity contribution in [2.24, 2.45) is 5.92 Å². The number of hydrogen-bond acceptors (Lipinski definition) is 3. The molecule has 0 spiro atoms. The predicted octanol–water partition coefficient (Wildman–Crippen LogP) is 5.48.